The van der Waals surface area contributed by atoms with E-state index in [4.69, 9.17) is 0 Å². The lowest BCUT2D eigenvalue weighted by Gasteiger charge is -2.06. The van der Waals surface area contributed by atoms with Gasteiger partial charge in [0.15, 0.2) is 5.43 Å². The maximum atomic E-state index is 11.9. The van der Waals surface area contributed by atoms with Gasteiger partial charge in [0.25, 0.3) is 0 Å². The Bertz CT molecular complexity index is 572. The maximum absolute atomic E-state index is 11.9. The van der Waals surface area contributed by atoms with Crippen molar-refractivity contribution >= 4 is 26.8 Å². The summed E-state index contributed by atoms with van der Waals surface area (Å²) in [4.78, 5) is 15.2. The SMILES string of the molecule is CC(C)Cc1cc(=O)c2cc(Br)ccc2[nH]1. The lowest BCUT2D eigenvalue weighted by molar-refractivity contribution is 0.636. The van der Waals surface area contributed by atoms with Gasteiger partial charge in [0.1, 0.15) is 0 Å². The van der Waals surface area contributed by atoms with Gasteiger partial charge in [-0.05, 0) is 30.5 Å². The van der Waals surface area contributed by atoms with Crippen molar-refractivity contribution in [3.63, 3.8) is 0 Å². The third-order valence-electron chi connectivity index (χ3n) is 2.48. The van der Waals surface area contributed by atoms with Crippen molar-refractivity contribution in [3.05, 3.63) is 44.7 Å². The average molecular weight is 280 g/mol. The van der Waals surface area contributed by atoms with Crippen molar-refractivity contribution in [2.24, 2.45) is 5.92 Å². The van der Waals surface area contributed by atoms with Gasteiger partial charge >= 0.3 is 0 Å². The van der Waals surface area contributed by atoms with E-state index in [2.05, 4.69) is 34.8 Å². The standard InChI is InChI=1S/C13H14BrNO/c1-8(2)5-10-7-13(16)11-6-9(14)3-4-12(11)15-10/h3-4,6-8H,5H2,1-2H3,(H,15,16). The zero-order chi connectivity index (χ0) is 11.7. The molecule has 2 aromatic rings. The molecule has 2 nitrogen and oxygen atoms in total. The van der Waals surface area contributed by atoms with Crippen molar-refractivity contribution in [2.75, 3.05) is 0 Å². The molecule has 1 aromatic heterocycles. The van der Waals surface area contributed by atoms with E-state index in [1.165, 1.54) is 0 Å². The van der Waals surface area contributed by atoms with Crippen LogP contribution in [0, 0.1) is 5.92 Å². The van der Waals surface area contributed by atoms with Gasteiger partial charge in [-0.2, -0.15) is 0 Å². The molecule has 0 aliphatic rings. The Labute approximate surface area is 103 Å². The Morgan fingerprint density at radius 1 is 1.31 bits per heavy atom. The summed E-state index contributed by atoms with van der Waals surface area (Å²) in [5.74, 6) is 0.545. The first-order valence-electron chi connectivity index (χ1n) is 5.37. The highest BCUT2D eigenvalue weighted by atomic mass is 79.9. The summed E-state index contributed by atoms with van der Waals surface area (Å²) in [5, 5.41) is 0.738. The number of pyridine rings is 1. The van der Waals surface area contributed by atoms with Crippen LogP contribution in [0.3, 0.4) is 0 Å². The quantitative estimate of drug-likeness (QED) is 0.897. The molecule has 0 aliphatic carbocycles. The molecule has 16 heavy (non-hydrogen) atoms. The van der Waals surface area contributed by atoms with Crippen LogP contribution in [0.2, 0.25) is 0 Å². The molecule has 0 spiro atoms. The number of aromatic amines is 1. The monoisotopic (exact) mass is 279 g/mol. The maximum Gasteiger partial charge on any atom is 0.189 e. The zero-order valence-electron chi connectivity index (χ0n) is 9.38. The minimum atomic E-state index is 0.0886. The number of aromatic nitrogens is 1. The van der Waals surface area contributed by atoms with Gasteiger partial charge in [0.05, 0.1) is 0 Å². The van der Waals surface area contributed by atoms with Gasteiger partial charge < -0.3 is 4.98 Å². The minimum absolute atomic E-state index is 0.0886. The van der Waals surface area contributed by atoms with Crippen LogP contribution in [-0.2, 0) is 6.42 Å². The number of nitrogens with one attached hydrogen (secondary N) is 1. The number of benzene rings is 1. The van der Waals surface area contributed by atoms with Gasteiger partial charge in [-0.1, -0.05) is 29.8 Å². The summed E-state index contributed by atoms with van der Waals surface area (Å²) in [5.41, 5.74) is 2.01. The second-order valence-electron chi connectivity index (χ2n) is 4.45. The van der Waals surface area contributed by atoms with E-state index < -0.39 is 0 Å². The van der Waals surface area contributed by atoms with Gasteiger partial charge in [-0.25, -0.2) is 0 Å². The molecule has 0 fully saturated rings. The van der Waals surface area contributed by atoms with E-state index in [0.29, 0.717) is 5.92 Å². The van der Waals surface area contributed by atoms with Crippen molar-refractivity contribution in [1.82, 2.24) is 4.98 Å². The molecule has 2 rings (SSSR count). The molecular weight excluding hydrogens is 266 g/mol. The second-order valence-corrected chi connectivity index (χ2v) is 5.36. The highest BCUT2D eigenvalue weighted by Gasteiger charge is 2.04. The number of hydrogen-bond donors (Lipinski definition) is 1. The van der Waals surface area contributed by atoms with Crippen LogP contribution >= 0.6 is 15.9 Å². The number of hydrogen-bond acceptors (Lipinski definition) is 1. The molecule has 0 aliphatic heterocycles. The van der Waals surface area contributed by atoms with E-state index in [1.54, 1.807) is 6.07 Å². The van der Waals surface area contributed by atoms with Crippen LogP contribution in [0.4, 0.5) is 0 Å². The molecule has 1 N–H and O–H groups in total. The van der Waals surface area contributed by atoms with E-state index >= 15 is 0 Å². The van der Waals surface area contributed by atoms with E-state index in [0.717, 1.165) is 27.5 Å². The molecular formula is C13H14BrNO. The van der Waals surface area contributed by atoms with E-state index in [-0.39, 0.29) is 5.43 Å². The van der Waals surface area contributed by atoms with E-state index in [9.17, 15) is 4.79 Å². The van der Waals surface area contributed by atoms with Crippen molar-refractivity contribution in [1.29, 1.82) is 0 Å². The summed E-state index contributed by atoms with van der Waals surface area (Å²) in [6.45, 7) is 4.29. The van der Waals surface area contributed by atoms with Crippen LogP contribution in [0.15, 0.2) is 33.5 Å². The largest absolute Gasteiger partial charge is 0.358 e. The molecule has 84 valence electrons. The number of rotatable bonds is 2. The smallest absolute Gasteiger partial charge is 0.189 e. The summed E-state index contributed by atoms with van der Waals surface area (Å²) >= 11 is 3.37. The van der Waals surface area contributed by atoms with Gasteiger partial charge in [0.2, 0.25) is 0 Å². The van der Waals surface area contributed by atoms with Gasteiger partial charge in [-0.3, -0.25) is 4.79 Å². The Kier molecular flexibility index (Phi) is 3.15. The van der Waals surface area contributed by atoms with Crippen LogP contribution in [0.5, 0.6) is 0 Å². The molecule has 0 bridgehead atoms. The Hall–Kier alpha value is -1.09. The molecule has 0 unspecified atom stereocenters. The van der Waals surface area contributed by atoms with Gasteiger partial charge in [-0.15, -0.1) is 0 Å². The Morgan fingerprint density at radius 3 is 2.75 bits per heavy atom. The molecule has 0 saturated heterocycles. The molecule has 1 aromatic carbocycles. The summed E-state index contributed by atoms with van der Waals surface area (Å²) in [7, 11) is 0. The first kappa shape index (κ1) is 11.4. The fourth-order valence-corrected chi connectivity index (χ4v) is 2.19. The number of fused-ring (bicyclic) bond motifs is 1. The fraction of sp³-hybridized carbons (Fsp3) is 0.308. The molecule has 1 heterocycles. The lowest BCUT2D eigenvalue weighted by Crippen LogP contribution is -2.07. The second kappa shape index (κ2) is 4.42. The average Bonchev–Trinajstić information content (AvgIpc) is 2.18. The van der Waals surface area contributed by atoms with Crippen LogP contribution in [0.1, 0.15) is 19.5 Å². The Balaban J connectivity index is 2.59. The predicted molar refractivity (Wildman–Crippen MR) is 70.8 cm³/mol. The third kappa shape index (κ3) is 2.35. The first-order chi connectivity index (χ1) is 7.56. The lowest BCUT2D eigenvalue weighted by atomic mass is 10.1. The fourth-order valence-electron chi connectivity index (χ4n) is 1.82. The molecule has 0 radical (unpaired) electrons. The van der Waals surface area contributed by atoms with Gasteiger partial charge in [0, 0.05) is 27.1 Å². The topological polar surface area (TPSA) is 32.9 Å². The van der Waals surface area contributed by atoms with Crippen molar-refractivity contribution in [2.45, 2.75) is 20.3 Å². The first-order valence-corrected chi connectivity index (χ1v) is 6.17. The summed E-state index contributed by atoms with van der Waals surface area (Å²) in [6, 6.07) is 7.43. The molecule has 0 amide bonds. The van der Waals surface area contributed by atoms with E-state index in [1.807, 2.05) is 18.2 Å². The third-order valence-corrected chi connectivity index (χ3v) is 2.97. The zero-order valence-corrected chi connectivity index (χ0v) is 11.0. The highest BCUT2D eigenvalue weighted by Crippen LogP contribution is 2.16. The van der Waals surface area contributed by atoms with Crippen LogP contribution in [-0.4, -0.2) is 4.98 Å². The minimum Gasteiger partial charge on any atom is -0.358 e. The summed E-state index contributed by atoms with van der Waals surface area (Å²) < 4.78 is 0.933. The summed E-state index contributed by atoms with van der Waals surface area (Å²) in [6.07, 6.45) is 0.904. The van der Waals surface area contributed by atoms with Crippen LogP contribution < -0.4 is 5.43 Å². The van der Waals surface area contributed by atoms with Crippen molar-refractivity contribution in [3.8, 4) is 0 Å². The molecule has 0 saturated carbocycles. The predicted octanol–water partition coefficient (Wildman–Crippen LogP) is 3.49. The normalized spacial score (nSPS) is 11.2. The van der Waals surface area contributed by atoms with Crippen molar-refractivity contribution < 1.29 is 0 Å². The number of H-pyrrole nitrogens is 1. The number of halogens is 1. The highest BCUT2D eigenvalue weighted by molar-refractivity contribution is 9.10. The Morgan fingerprint density at radius 2 is 2.06 bits per heavy atom. The van der Waals surface area contributed by atoms with Crippen LogP contribution in [0.25, 0.3) is 10.9 Å². The molecule has 0 atom stereocenters. The molecule has 3 heteroatoms.